The third-order valence-electron chi connectivity index (χ3n) is 3.94. The molecule has 94 valence electrons. The molecule has 1 fully saturated rings. The molecule has 2 unspecified atom stereocenters. The van der Waals surface area contributed by atoms with Gasteiger partial charge < -0.3 is 10.4 Å². The number of rotatable bonds is 2. The summed E-state index contributed by atoms with van der Waals surface area (Å²) in [7, 11) is 0. The Morgan fingerprint density at radius 2 is 2.06 bits per heavy atom. The van der Waals surface area contributed by atoms with Gasteiger partial charge in [-0.2, -0.15) is 0 Å². The third kappa shape index (κ3) is 2.88. The Morgan fingerprint density at radius 3 is 2.88 bits per heavy atom. The van der Waals surface area contributed by atoms with Gasteiger partial charge in [0.15, 0.2) is 0 Å². The highest BCUT2D eigenvalue weighted by Gasteiger charge is 2.23. The van der Waals surface area contributed by atoms with E-state index < -0.39 is 0 Å². The number of aliphatic hydroxyl groups excluding tert-OH is 1. The smallest absolute Gasteiger partial charge is 0.0945 e. The molecule has 0 saturated carbocycles. The highest BCUT2D eigenvalue weighted by molar-refractivity contribution is 5.35. The molecule has 0 aromatic heterocycles. The molecule has 0 amide bonds. The Kier molecular flexibility index (Phi) is 4.19. The van der Waals surface area contributed by atoms with E-state index in [4.69, 9.17) is 0 Å². The maximum absolute atomic E-state index is 10.5. The summed E-state index contributed by atoms with van der Waals surface area (Å²) >= 11 is 0. The summed E-state index contributed by atoms with van der Waals surface area (Å²) in [5.41, 5.74) is 3.57. The van der Waals surface area contributed by atoms with E-state index >= 15 is 0 Å². The van der Waals surface area contributed by atoms with Gasteiger partial charge in [0.05, 0.1) is 6.10 Å². The molecule has 0 spiro atoms. The van der Waals surface area contributed by atoms with E-state index in [2.05, 4.69) is 31.3 Å². The summed E-state index contributed by atoms with van der Waals surface area (Å²) < 4.78 is 0. The van der Waals surface area contributed by atoms with Crippen molar-refractivity contribution in [3.05, 3.63) is 34.9 Å². The van der Waals surface area contributed by atoms with Crippen LogP contribution < -0.4 is 5.32 Å². The van der Waals surface area contributed by atoms with Crippen molar-refractivity contribution in [3.8, 4) is 0 Å². The van der Waals surface area contributed by atoms with Crippen molar-refractivity contribution >= 4 is 0 Å². The number of aliphatic hydroxyl groups is 1. The van der Waals surface area contributed by atoms with Crippen molar-refractivity contribution in [1.82, 2.24) is 5.32 Å². The van der Waals surface area contributed by atoms with Gasteiger partial charge in [-0.3, -0.25) is 0 Å². The summed E-state index contributed by atoms with van der Waals surface area (Å²) in [4.78, 5) is 0. The molecule has 2 nitrogen and oxygen atoms in total. The van der Waals surface area contributed by atoms with Crippen molar-refractivity contribution < 1.29 is 5.11 Å². The molecule has 0 bridgehead atoms. The molecule has 2 atom stereocenters. The molecule has 1 aliphatic rings. The zero-order valence-corrected chi connectivity index (χ0v) is 10.9. The fourth-order valence-electron chi connectivity index (χ4n) is 2.64. The average Bonchev–Trinajstić information content (AvgIpc) is 2.60. The van der Waals surface area contributed by atoms with Crippen molar-refractivity contribution in [2.75, 3.05) is 6.54 Å². The highest BCUT2D eigenvalue weighted by atomic mass is 16.3. The number of nitrogens with one attached hydrogen (secondary N) is 1. The molecule has 1 aromatic carbocycles. The van der Waals surface area contributed by atoms with Crippen LogP contribution in [0.15, 0.2) is 18.2 Å². The molecule has 17 heavy (non-hydrogen) atoms. The molecular weight excluding hydrogens is 210 g/mol. The summed E-state index contributed by atoms with van der Waals surface area (Å²) in [6.45, 7) is 5.24. The Morgan fingerprint density at radius 1 is 1.24 bits per heavy atom. The molecular formula is C15H23NO. The van der Waals surface area contributed by atoms with E-state index in [1.165, 1.54) is 30.4 Å². The standard InChI is InChI=1S/C15H23NO/c1-11-7-6-8-13(12(11)2)15(17)14-9-4-3-5-10-16-14/h6-8,14-17H,3-5,9-10H2,1-2H3. The summed E-state index contributed by atoms with van der Waals surface area (Å²) in [6.07, 6.45) is 4.45. The first-order valence-corrected chi connectivity index (χ1v) is 6.67. The SMILES string of the molecule is Cc1cccc(C(O)C2CCCCCN2)c1C. The Hall–Kier alpha value is -0.860. The molecule has 2 N–H and O–H groups in total. The predicted molar refractivity (Wildman–Crippen MR) is 71.1 cm³/mol. The van der Waals surface area contributed by atoms with Crippen LogP contribution >= 0.6 is 0 Å². The number of aryl methyl sites for hydroxylation is 1. The van der Waals surface area contributed by atoms with Crippen LogP contribution in [-0.4, -0.2) is 17.7 Å². The minimum atomic E-state index is -0.368. The lowest BCUT2D eigenvalue weighted by molar-refractivity contribution is 0.125. The van der Waals surface area contributed by atoms with Gasteiger partial charge in [-0.1, -0.05) is 31.0 Å². The van der Waals surface area contributed by atoms with E-state index in [0.717, 1.165) is 18.5 Å². The second-order valence-electron chi connectivity index (χ2n) is 5.14. The van der Waals surface area contributed by atoms with Gasteiger partial charge in [-0.05, 0) is 49.9 Å². The Balaban J connectivity index is 2.17. The molecule has 0 aliphatic carbocycles. The van der Waals surface area contributed by atoms with E-state index in [9.17, 15) is 5.11 Å². The lowest BCUT2D eigenvalue weighted by Crippen LogP contribution is -2.34. The molecule has 1 heterocycles. The third-order valence-corrected chi connectivity index (χ3v) is 3.94. The van der Waals surface area contributed by atoms with Crippen molar-refractivity contribution in [3.63, 3.8) is 0 Å². The van der Waals surface area contributed by atoms with Crippen LogP contribution in [0.4, 0.5) is 0 Å². The van der Waals surface area contributed by atoms with E-state index in [1.807, 2.05) is 6.07 Å². The second-order valence-corrected chi connectivity index (χ2v) is 5.14. The van der Waals surface area contributed by atoms with Crippen LogP contribution in [0.1, 0.15) is 48.5 Å². The van der Waals surface area contributed by atoms with Crippen LogP contribution in [0.5, 0.6) is 0 Å². The van der Waals surface area contributed by atoms with Gasteiger partial charge in [0.1, 0.15) is 0 Å². The lowest BCUT2D eigenvalue weighted by Gasteiger charge is -2.24. The predicted octanol–water partition coefficient (Wildman–Crippen LogP) is 2.87. The van der Waals surface area contributed by atoms with Crippen molar-refractivity contribution in [2.45, 2.75) is 51.7 Å². The molecule has 0 radical (unpaired) electrons. The first-order valence-electron chi connectivity index (χ1n) is 6.67. The summed E-state index contributed by atoms with van der Waals surface area (Å²) in [6, 6.07) is 6.42. The molecule has 2 rings (SSSR count). The molecule has 1 aliphatic heterocycles. The fourth-order valence-corrected chi connectivity index (χ4v) is 2.64. The van der Waals surface area contributed by atoms with Crippen molar-refractivity contribution in [1.29, 1.82) is 0 Å². The van der Waals surface area contributed by atoms with E-state index in [-0.39, 0.29) is 12.1 Å². The first-order chi connectivity index (χ1) is 8.20. The zero-order valence-electron chi connectivity index (χ0n) is 10.9. The van der Waals surface area contributed by atoms with Gasteiger partial charge in [0.2, 0.25) is 0 Å². The van der Waals surface area contributed by atoms with Gasteiger partial charge in [-0.15, -0.1) is 0 Å². The van der Waals surface area contributed by atoms with Gasteiger partial charge in [0.25, 0.3) is 0 Å². The second kappa shape index (κ2) is 5.65. The minimum Gasteiger partial charge on any atom is -0.387 e. The Labute approximate surface area is 104 Å². The quantitative estimate of drug-likeness (QED) is 0.823. The monoisotopic (exact) mass is 233 g/mol. The number of benzene rings is 1. The highest BCUT2D eigenvalue weighted by Crippen LogP contribution is 2.26. The van der Waals surface area contributed by atoms with Crippen LogP contribution in [-0.2, 0) is 0 Å². The molecule has 1 saturated heterocycles. The van der Waals surface area contributed by atoms with Crippen molar-refractivity contribution in [2.24, 2.45) is 0 Å². The van der Waals surface area contributed by atoms with Crippen LogP contribution in [0.2, 0.25) is 0 Å². The summed E-state index contributed by atoms with van der Waals surface area (Å²) in [5.74, 6) is 0. The maximum Gasteiger partial charge on any atom is 0.0945 e. The summed E-state index contributed by atoms with van der Waals surface area (Å²) in [5, 5.41) is 14.0. The first kappa shape index (κ1) is 12.6. The topological polar surface area (TPSA) is 32.3 Å². The van der Waals surface area contributed by atoms with Crippen LogP contribution in [0, 0.1) is 13.8 Å². The Bertz CT molecular complexity index is 367. The van der Waals surface area contributed by atoms with E-state index in [1.54, 1.807) is 0 Å². The minimum absolute atomic E-state index is 0.220. The van der Waals surface area contributed by atoms with Crippen LogP contribution in [0.25, 0.3) is 0 Å². The maximum atomic E-state index is 10.5. The largest absolute Gasteiger partial charge is 0.387 e. The fraction of sp³-hybridized carbons (Fsp3) is 0.600. The average molecular weight is 233 g/mol. The lowest BCUT2D eigenvalue weighted by atomic mass is 9.93. The molecule has 1 aromatic rings. The van der Waals surface area contributed by atoms with Gasteiger partial charge >= 0.3 is 0 Å². The zero-order chi connectivity index (χ0) is 12.3. The van der Waals surface area contributed by atoms with Gasteiger partial charge in [-0.25, -0.2) is 0 Å². The molecule has 2 heteroatoms. The van der Waals surface area contributed by atoms with E-state index in [0.29, 0.717) is 0 Å². The number of hydrogen-bond donors (Lipinski definition) is 2. The van der Waals surface area contributed by atoms with Crippen LogP contribution in [0.3, 0.4) is 0 Å². The normalized spacial score (nSPS) is 23.1. The number of hydrogen-bond acceptors (Lipinski definition) is 2. The van der Waals surface area contributed by atoms with Gasteiger partial charge in [0, 0.05) is 6.04 Å².